The normalized spacial score (nSPS) is 18.3. The lowest BCUT2D eigenvalue weighted by atomic mass is 9.95. The van der Waals surface area contributed by atoms with Crippen molar-refractivity contribution in [1.82, 2.24) is 9.80 Å². The Morgan fingerprint density at radius 3 is 2.46 bits per heavy atom. The van der Waals surface area contributed by atoms with Crippen LogP contribution in [0, 0.1) is 0 Å². The number of allylic oxidation sites excluding steroid dienone is 1. The monoisotopic (exact) mass is 532 g/mol. The molecule has 2 aliphatic heterocycles. The first-order valence-corrected chi connectivity index (χ1v) is 14.1. The lowest BCUT2D eigenvalue weighted by Gasteiger charge is -2.30. The molecule has 208 valence electrons. The van der Waals surface area contributed by atoms with Gasteiger partial charge in [-0.15, -0.1) is 0 Å². The van der Waals surface area contributed by atoms with E-state index in [1.54, 1.807) is 11.0 Å². The van der Waals surface area contributed by atoms with Crippen molar-refractivity contribution in [3.05, 3.63) is 83.1 Å². The number of ketones is 1. The molecular formula is C32H40N2O5. The molecule has 1 unspecified atom stereocenters. The number of amides is 1. The lowest BCUT2D eigenvalue weighted by Crippen LogP contribution is -2.39. The number of benzene rings is 2. The summed E-state index contributed by atoms with van der Waals surface area (Å²) in [7, 11) is 0. The summed E-state index contributed by atoms with van der Waals surface area (Å²) < 4.78 is 11.3. The van der Waals surface area contributed by atoms with Gasteiger partial charge in [-0.05, 0) is 42.2 Å². The van der Waals surface area contributed by atoms with Gasteiger partial charge in [-0.25, -0.2) is 0 Å². The molecule has 0 aromatic heterocycles. The Morgan fingerprint density at radius 1 is 1.00 bits per heavy atom. The van der Waals surface area contributed by atoms with Crippen molar-refractivity contribution in [2.45, 2.75) is 45.1 Å². The van der Waals surface area contributed by atoms with Crippen LogP contribution < -0.4 is 4.74 Å². The number of unbranched alkanes of at least 4 members (excludes halogenated alkanes) is 3. The lowest BCUT2D eigenvalue weighted by molar-refractivity contribution is -0.129. The Bertz CT molecular complexity index is 1140. The average molecular weight is 533 g/mol. The summed E-state index contributed by atoms with van der Waals surface area (Å²) in [5.41, 5.74) is 1.76. The van der Waals surface area contributed by atoms with Crippen LogP contribution >= 0.6 is 0 Å². The van der Waals surface area contributed by atoms with E-state index >= 15 is 0 Å². The number of hydrogen-bond donors (Lipinski definition) is 1. The Labute approximate surface area is 231 Å². The number of aliphatic hydroxyl groups excluding tert-OH is 1. The summed E-state index contributed by atoms with van der Waals surface area (Å²) in [6.45, 7) is 7.26. The van der Waals surface area contributed by atoms with E-state index in [1.807, 2.05) is 54.6 Å². The summed E-state index contributed by atoms with van der Waals surface area (Å²) >= 11 is 0. The average Bonchev–Trinajstić information content (AvgIpc) is 3.22. The summed E-state index contributed by atoms with van der Waals surface area (Å²) in [4.78, 5) is 30.6. The number of ether oxygens (including phenoxy) is 2. The maximum atomic E-state index is 13.4. The fourth-order valence-corrected chi connectivity index (χ4v) is 5.06. The maximum absolute atomic E-state index is 13.4. The Hall–Kier alpha value is -3.42. The van der Waals surface area contributed by atoms with E-state index in [0.29, 0.717) is 26.4 Å². The number of hydrogen-bond acceptors (Lipinski definition) is 6. The summed E-state index contributed by atoms with van der Waals surface area (Å²) in [5.74, 6) is -0.592. The molecule has 1 atom stereocenters. The molecule has 7 heteroatoms. The van der Waals surface area contributed by atoms with Gasteiger partial charge in [0, 0.05) is 26.2 Å². The summed E-state index contributed by atoms with van der Waals surface area (Å²) in [6, 6.07) is 16.4. The summed E-state index contributed by atoms with van der Waals surface area (Å²) in [6.07, 6.45) is 8.41. The molecule has 2 aliphatic rings. The number of rotatable bonds is 14. The van der Waals surface area contributed by atoms with Crippen molar-refractivity contribution in [2.75, 3.05) is 46.0 Å². The second kappa shape index (κ2) is 14.7. The fraction of sp³-hybridized carbons (Fsp3) is 0.438. The largest absolute Gasteiger partial charge is 0.503 e. The van der Waals surface area contributed by atoms with Crippen LogP contribution in [-0.4, -0.2) is 72.6 Å². The number of nitrogens with zero attached hydrogens (tertiary/aromatic N) is 2. The molecule has 1 fully saturated rings. The predicted octanol–water partition coefficient (Wildman–Crippen LogP) is 5.35. The minimum absolute atomic E-state index is 0.117. The highest BCUT2D eigenvalue weighted by molar-refractivity contribution is 6.14. The Morgan fingerprint density at radius 2 is 1.74 bits per heavy atom. The van der Waals surface area contributed by atoms with Crippen LogP contribution in [0.4, 0.5) is 0 Å². The Balaban J connectivity index is 1.51. The van der Waals surface area contributed by atoms with Crippen molar-refractivity contribution in [3.63, 3.8) is 0 Å². The van der Waals surface area contributed by atoms with Crippen LogP contribution in [0.15, 0.2) is 72.0 Å². The van der Waals surface area contributed by atoms with Crippen molar-refractivity contribution >= 4 is 17.8 Å². The van der Waals surface area contributed by atoms with Crippen LogP contribution in [-0.2, 0) is 14.3 Å². The molecule has 2 heterocycles. The molecular weight excluding hydrogens is 492 g/mol. The second-order valence-corrected chi connectivity index (χ2v) is 10.1. The zero-order chi connectivity index (χ0) is 27.5. The van der Waals surface area contributed by atoms with E-state index in [4.69, 9.17) is 9.47 Å². The van der Waals surface area contributed by atoms with Crippen LogP contribution in [0.5, 0.6) is 5.75 Å². The second-order valence-electron chi connectivity index (χ2n) is 10.1. The molecule has 1 saturated heterocycles. The highest BCUT2D eigenvalue weighted by atomic mass is 16.5. The number of carbonyl (C=O) groups excluding carboxylic acids is 2. The first kappa shape index (κ1) is 28.6. The highest BCUT2D eigenvalue weighted by Crippen LogP contribution is 2.38. The third kappa shape index (κ3) is 7.80. The molecule has 7 nitrogen and oxygen atoms in total. The highest BCUT2D eigenvalue weighted by Gasteiger charge is 2.42. The van der Waals surface area contributed by atoms with E-state index in [1.165, 1.54) is 18.9 Å². The van der Waals surface area contributed by atoms with Gasteiger partial charge in [0.05, 0.1) is 31.4 Å². The van der Waals surface area contributed by atoms with Crippen molar-refractivity contribution in [3.8, 4) is 5.75 Å². The zero-order valence-corrected chi connectivity index (χ0v) is 22.9. The third-order valence-corrected chi connectivity index (χ3v) is 7.24. The summed E-state index contributed by atoms with van der Waals surface area (Å²) in [5, 5.41) is 10.9. The van der Waals surface area contributed by atoms with Gasteiger partial charge in [-0.1, -0.05) is 74.7 Å². The molecule has 2 aromatic carbocycles. The molecule has 0 aliphatic carbocycles. The standard InChI is InChI=1S/C32H40N2O5/c1-2-3-4-8-22-39-27-15-13-26(14-16-27)30-29(28(35)17-12-25-10-6-5-7-11-25)31(36)32(37)34(30)19-9-18-33-20-23-38-24-21-33/h5-7,10-17,30,36H,2-4,8-9,18-24H2,1H3/b17-12+. The van der Waals surface area contributed by atoms with Gasteiger partial charge >= 0.3 is 0 Å². The molecule has 4 rings (SSSR count). The predicted molar refractivity (Wildman–Crippen MR) is 153 cm³/mol. The van der Waals surface area contributed by atoms with E-state index in [2.05, 4.69) is 11.8 Å². The van der Waals surface area contributed by atoms with Crippen molar-refractivity contribution in [2.24, 2.45) is 0 Å². The van der Waals surface area contributed by atoms with E-state index in [-0.39, 0.29) is 11.4 Å². The van der Waals surface area contributed by atoms with Crippen molar-refractivity contribution in [1.29, 1.82) is 0 Å². The molecule has 2 aromatic rings. The molecule has 0 bridgehead atoms. The molecule has 0 spiro atoms. The molecule has 1 N–H and O–H groups in total. The van der Waals surface area contributed by atoms with Crippen molar-refractivity contribution < 1.29 is 24.2 Å². The maximum Gasteiger partial charge on any atom is 0.290 e. The van der Waals surface area contributed by atoms with E-state index in [0.717, 1.165) is 55.8 Å². The van der Waals surface area contributed by atoms with Gasteiger partial charge in [-0.3, -0.25) is 14.5 Å². The molecule has 39 heavy (non-hydrogen) atoms. The van der Waals surface area contributed by atoms with Gasteiger partial charge < -0.3 is 19.5 Å². The van der Waals surface area contributed by atoms with Crippen LogP contribution in [0.1, 0.15) is 56.2 Å². The number of aliphatic hydroxyl groups is 1. The quantitative estimate of drug-likeness (QED) is 0.261. The topological polar surface area (TPSA) is 79.3 Å². The number of morpholine rings is 1. The SMILES string of the molecule is CCCCCCOc1ccc(C2C(C(=O)/C=C/c3ccccc3)=C(O)C(=O)N2CCCN2CCOCC2)cc1. The molecule has 0 radical (unpaired) electrons. The Kier molecular flexibility index (Phi) is 10.7. The minimum Gasteiger partial charge on any atom is -0.503 e. The number of carbonyl (C=O) groups is 2. The van der Waals surface area contributed by atoms with Crippen LogP contribution in [0.25, 0.3) is 6.08 Å². The molecule has 1 amide bonds. The van der Waals surface area contributed by atoms with Gasteiger partial charge in [0.1, 0.15) is 5.75 Å². The zero-order valence-electron chi connectivity index (χ0n) is 22.9. The van der Waals surface area contributed by atoms with Crippen LogP contribution in [0.2, 0.25) is 0 Å². The fourth-order valence-electron chi connectivity index (χ4n) is 5.06. The molecule has 0 saturated carbocycles. The van der Waals surface area contributed by atoms with Gasteiger partial charge in [0.15, 0.2) is 11.5 Å². The smallest absolute Gasteiger partial charge is 0.290 e. The first-order chi connectivity index (χ1) is 19.1. The van der Waals surface area contributed by atoms with Gasteiger partial charge in [0.2, 0.25) is 0 Å². The van der Waals surface area contributed by atoms with Gasteiger partial charge in [-0.2, -0.15) is 0 Å². The van der Waals surface area contributed by atoms with E-state index in [9.17, 15) is 14.7 Å². The van der Waals surface area contributed by atoms with Crippen LogP contribution in [0.3, 0.4) is 0 Å². The minimum atomic E-state index is -0.659. The van der Waals surface area contributed by atoms with E-state index < -0.39 is 17.7 Å². The van der Waals surface area contributed by atoms with Gasteiger partial charge in [0.25, 0.3) is 5.91 Å². The third-order valence-electron chi connectivity index (χ3n) is 7.24. The first-order valence-electron chi connectivity index (χ1n) is 14.1.